The highest BCUT2D eigenvalue weighted by atomic mass is 19.4. The van der Waals surface area contributed by atoms with Gasteiger partial charge in [-0.3, -0.25) is 4.79 Å². The third-order valence-electron chi connectivity index (χ3n) is 4.69. The lowest BCUT2D eigenvalue weighted by molar-refractivity contribution is -0.187. The third-order valence-corrected chi connectivity index (χ3v) is 4.69. The summed E-state index contributed by atoms with van der Waals surface area (Å²) in [4.78, 5) is 30.5. The van der Waals surface area contributed by atoms with Gasteiger partial charge in [-0.1, -0.05) is 6.07 Å². The van der Waals surface area contributed by atoms with Gasteiger partial charge in [-0.2, -0.15) is 13.2 Å². The summed E-state index contributed by atoms with van der Waals surface area (Å²) in [7, 11) is 0. The number of aliphatic carboxylic acids is 1. The summed E-state index contributed by atoms with van der Waals surface area (Å²) < 4.78 is 39.0. The molecule has 2 amide bonds. The Morgan fingerprint density at radius 2 is 1.96 bits per heavy atom. The van der Waals surface area contributed by atoms with E-state index in [1.54, 1.807) is 12.3 Å². The van der Waals surface area contributed by atoms with Crippen LogP contribution in [0.5, 0.6) is 0 Å². The van der Waals surface area contributed by atoms with Crippen LogP contribution < -0.4 is 10.2 Å². The number of aromatic nitrogens is 1. The number of halogens is 3. The predicted molar refractivity (Wildman–Crippen MR) is 92.3 cm³/mol. The van der Waals surface area contributed by atoms with Gasteiger partial charge in [-0.05, 0) is 25.5 Å². The van der Waals surface area contributed by atoms with Crippen molar-refractivity contribution in [3.63, 3.8) is 0 Å². The number of rotatable bonds is 6. The molecule has 0 aliphatic carbocycles. The third kappa shape index (κ3) is 5.01. The van der Waals surface area contributed by atoms with Crippen molar-refractivity contribution in [3.05, 3.63) is 23.9 Å². The fourth-order valence-corrected chi connectivity index (χ4v) is 3.10. The average Bonchev–Trinajstić information content (AvgIpc) is 3.08. The second-order valence-corrected chi connectivity index (χ2v) is 6.35. The Kier molecular flexibility index (Phi) is 6.50. The van der Waals surface area contributed by atoms with Crippen LogP contribution >= 0.6 is 0 Å². The molecule has 0 radical (unpaired) electrons. The zero-order chi connectivity index (χ0) is 20.2. The van der Waals surface area contributed by atoms with E-state index in [1.165, 1.54) is 0 Å². The fourth-order valence-electron chi connectivity index (χ4n) is 3.10. The predicted octanol–water partition coefficient (Wildman–Crippen LogP) is 2.33. The number of pyridine rings is 1. The van der Waals surface area contributed by atoms with E-state index < -0.39 is 43.1 Å². The van der Waals surface area contributed by atoms with Gasteiger partial charge < -0.3 is 20.2 Å². The highest BCUT2D eigenvalue weighted by molar-refractivity contribution is 5.77. The van der Waals surface area contributed by atoms with Crippen LogP contribution in [-0.4, -0.2) is 59.3 Å². The maximum atomic E-state index is 13.0. The number of likely N-dealkylation sites (tertiary alicyclic amines) is 1. The number of amides is 2. The molecule has 1 fully saturated rings. The molecule has 0 saturated carbocycles. The first-order chi connectivity index (χ1) is 12.7. The molecule has 150 valence electrons. The highest BCUT2D eigenvalue weighted by Gasteiger charge is 2.53. The average molecular weight is 388 g/mol. The number of carbonyl (C=O) groups excluding carboxylic acids is 1. The minimum absolute atomic E-state index is 0.0925. The molecule has 2 rings (SSSR count). The molecule has 1 aliphatic heterocycles. The molecule has 1 aromatic heterocycles. The molecule has 1 aliphatic rings. The molecule has 0 aromatic carbocycles. The zero-order valence-electron chi connectivity index (χ0n) is 15.2. The molecule has 0 unspecified atom stereocenters. The maximum absolute atomic E-state index is 13.0. The van der Waals surface area contributed by atoms with Crippen molar-refractivity contribution in [3.8, 4) is 0 Å². The van der Waals surface area contributed by atoms with Crippen molar-refractivity contribution in [2.75, 3.05) is 31.1 Å². The van der Waals surface area contributed by atoms with E-state index in [1.807, 2.05) is 19.9 Å². The number of carboxylic acid groups (broad SMARTS) is 1. The summed E-state index contributed by atoms with van der Waals surface area (Å²) in [6, 6.07) is 2.87. The summed E-state index contributed by atoms with van der Waals surface area (Å²) in [5, 5.41) is 11.5. The van der Waals surface area contributed by atoms with Gasteiger partial charge in [0.15, 0.2) is 0 Å². The van der Waals surface area contributed by atoms with Gasteiger partial charge >= 0.3 is 18.2 Å². The Hall–Kier alpha value is -2.52. The van der Waals surface area contributed by atoms with Gasteiger partial charge in [0.05, 0.1) is 11.8 Å². The maximum Gasteiger partial charge on any atom is 0.394 e. The van der Waals surface area contributed by atoms with Gasteiger partial charge in [-0.15, -0.1) is 0 Å². The van der Waals surface area contributed by atoms with Crippen LogP contribution in [0.3, 0.4) is 0 Å². The highest BCUT2D eigenvalue weighted by Crippen LogP contribution is 2.37. The summed E-state index contributed by atoms with van der Waals surface area (Å²) in [6.07, 6.45) is -3.07. The first kappa shape index (κ1) is 20.8. The molecule has 10 heteroatoms. The van der Waals surface area contributed by atoms with Gasteiger partial charge in [0.2, 0.25) is 0 Å². The molecule has 27 heavy (non-hydrogen) atoms. The Labute approximate surface area is 155 Å². The van der Waals surface area contributed by atoms with Crippen molar-refractivity contribution in [1.82, 2.24) is 15.2 Å². The molecule has 2 N–H and O–H groups in total. The SMILES string of the molecule is CCN(CC)c1ccc(CNC(=O)N2C[C@@H](C(F)(F)F)[C@H](C(=O)O)C2)cn1. The number of hydrogen-bond acceptors (Lipinski definition) is 4. The van der Waals surface area contributed by atoms with E-state index in [-0.39, 0.29) is 6.54 Å². The van der Waals surface area contributed by atoms with Crippen molar-refractivity contribution in [2.24, 2.45) is 11.8 Å². The van der Waals surface area contributed by atoms with E-state index in [0.29, 0.717) is 5.56 Å². The summed E-state index contributed by atoms with van der Waals surface area (Å²) in [5.74, 6) is -4.46. The van der Waals surface area contributed by atoms with Crippen LogP contribution in [0.4, 0.5) is 23.8 Å². The summed E-state index contributed by atoms with van der Waals surface area (Å²) >= 11 is 0. The summed E-state index contributed by atoms with van der Waals surface area (Å²) in [5.41, 5.74) is 0.695. The molecule has 0 spiro atoms. The second kappa shape index (κ2) is 8.45. The summed E-state index contributed by atoms with van der Waals surface area (Å²) in [6.45, 7) is 4.59. The van der Waals surface area contributed by atoms with E-state index >= 15 is 0 Å². The monoisotopic (exact) mass is 388 g/mol. The molecule has 2 heterocycles. The molecular formula is C17H23F3N4O3. The first-order valence-corrected chi connectivity index (χ1v) is 8.69. The van der Waals surface area contributed by atoms with Crippen LogP contribution in [0, 0.1) is 11.8 Å². The van der Waals surface area contributed by atoms with E-state index in [0.717, 1.165) is 23.8 Å². The van der Waals surface area contributed by atoms with Gasteiger partial charge in [-0.25, -0.2) is 9.78 Å². The van der Waals surface area contributed by atoms with Crippen LogP contribution in [-0.2, 0) is 11.3 Å². The molecule has 2 atom stereocenters. The van der Waals surface area contributed by atoms with E-state index in [2.05, 4.69) is 15.2 Å². The van der Waals surface area contributed by atoms with E-state index in [9.17, 15) is 22.8 Å². The van der Waals surface area contributed by atoms with Crippen LogP contribution in [0.25, 0.3) is 0 Å². The largest absolute Gasteiger partial charge is 0.481 e. The standard InChI is InChI=1S/C17H23F3N4O3/c1-3-23(4-2)14-6-5-11(7-21-14)8-22-16(27)24-9-12(15(25)26)13(10-24)17(18,19)20/h5-7,12-13H,3-4,8-10H2,1-2H3,(H,22,27)(H,25,26)/t12-,13-/m1/s1. The Balaban J connectivity index is 1.95. The van der Waals surface area contributed by atoms with Gasteiger partial charge in [0.25, 0.3) is 0 Å². The van der Waals surface area contributed by atoms with Crippen LogP contribution in [0.15, 0.2) is 18.3 Å². The Bertz CT molecular complexity index is 662. The van der Waals surface area contributed by atoms with Gasteiger partial charge in [0.1, 0.15) is 5.82 Å². The van der Waals surface area contributed by atoms with Crippen LogP contribution in [0.2, 0.25) is 0 Å². The number of carboxylic acids is 1. The van der Waals surface area contributed by atoms with Crippen molar-refractivity contribution in [2.45, 2.75) is 26.6 Å². The Morgan fingerprint density at radius 3 is 2.41 bits per heavy atom. The fraction of sp³-hybridized carbons (Fsp3) is 0.588. The molecule has 1 saturated heterocycles. The molecular weight excluding hydrogens is 365 g/mol. The number of nitrogens with one attached hydrogen (secondary N) is 1. The van der Waals surface area contributed by atoms with Crippen molar-refractivity contribution in [1.29, 1.82) is 0 Å². The lowest BCUT2D eigenvalue weighted by Crippen LogP contribution is -2.39. The van der Waals surface area contributed by atoms with Crippen LogP contribution in [0.1, 0.15) is 19.4 Å². The minimum Gasteiger partial charge on any atom is -0.481 e. The zero-order valence-corrected chi connectivity index (χ0v) is 15.2. The lowest BCUT2D eigenvalue weighted by Gasteiger charge is -2.20. The topological polar surface area (TPSA) is 85.8 Å². The Morgan fingerprint density at radius 1 is 1.30 bits per heavy atom. The smallest absolute Gasteiger partial charge is 0.394 e. The minimum atomic E-state index is -4.66. The van der Waals surface area contributed by atoms with Gasteiger partial charge in [0, 0.05) is 38.9 Å². The first-order valence-electron chi connectivity index (χ1n) is 8.69. The van der Waals surface area contributed by atoms with Crippen molar-refractivity contribution >= 4 is 17.8 Å². The van der Waals surface area contributed by atoms with Crippen molar-refractivity contribution < 1.29 is 27.9 Å². The second-order valence-electron chi connectivity index (χ2n) is 6.35. The number of urea groups is 1. The number of carbonyl (C=O) groups is 2. The number of nitrogens with zero attached hydrogens (tertiary/aromatic N) is 3. The number of hydrogen-bond donors (Lipinski definition) is 2. The molecule has 1 aromatic rings. The molecule has 0 bridgehead atoms. The number of alkyl halides is 3. The normalized spacial score (nSPS) is 19.8. The quantitative estimate of drug-likeness (QED) is 0.781. The molecule has 7 nitrogen and oxygen atoms in total. The van der Waals surface area contributed by atoms with E-state index in [4.69, 9.17) is 5.11 Å². The lowest BCUT2D eigenvalue weighted by atomic mass is 9.96. The number of anilines is 1.